The molecule has 6 nitrogen and oxygen atoms in total. The van der Waals surface area contributed by atoms with Crippen molar-refractivity contribution in [1.82, 2.24) is 4.72 Å². The Hall–Kier alpha value is 0.300. The first-order valence-corrected chi connectivity index (χ1v) is 9.61. The molecule has 1 aromatic carbocycles. The van der Waals surface area contributed by atoms with Crippen LogP contribution in [-0.2, 0) is 19.6 Å². The molecular weight excluding hydrogens is 615 g/mol. The second-order valence-corrected chi connectivity index (χ2v) is 8.61. The number of hydrogen-bond acceptors (Lipinski definition) is 5. The van der Waals surface area contributed by atoms with Gasteiger partial charge in [0.15, 0.2) is 5.75 Å². The number of hydrogen-bond donors (Lipinski definition) is 1. The zero-order valence-electron chi connectivity index (χ0n) is 9.24. The lowest BCUT2D eigenvalue weighted by Crippen LogP contribution is -2.37. The quantitative estimate of drug-likeness (QED) is 0.234. The molecule has 0 aliphatic rings. The smallest absolute Gasteiger partial charge is 0.403 e. The van der Waals surface area contributed by atoms with E-state index < -0.39 is 21.9 Å². The van der Waals surface area contributed by atoms with Crippen LogP contribution in [0.25, 0.3) is 0 Å². The van der Waals surface area contributed by atoms with E-state index in [4.69, 9.17) is 4.74 Å². The minimum atomic E-state index is -3.79. The van der Waals surface area contributed by atoms with Crippen LogP contribution in [0, 0.1) is 10.7 Å². The molecular formula is C9H6I3NO5S. The number of carbonyl (C=O) groups is 2. The van der Waals surface area contributed by atoms with Crippen LogP contribution in [-0.4, -0.2) is 26.6 Å². The minimum Gasteiger partial charge on any atom is -0.417 e. The lowest BCUT2D eigenvalue weighted by molar-refractivity contribution is -0.147. The number of sulfonamides is 1. The SMILES string of the molecule is CS(=O)(=O)NC(=O)C(=O)Oc1c(I)cc(I)cc1I. The highest BCUT2D eigenvalue weighted by Gasteiger charge is 2.22. The van der Waals surface area contributed by atoms with Gasteiger partial charge in [-0.05, 0) is 79.9 Å². The van der Waals surface area contributed by atoms with Crippen molar-refractivity contribution < 1.29 is 22.7 Å². The second kappa shape index (κ2) is 6.84. The zero-order chi connectivity index (χ0) is 14.8. The van der Waals surface area contributed by atoms with E-state index in [1.165, 1.54) is 0 Å². The van der Waals surface area contributed by atoms with Gasteiger partial charge in [0.2, 0.25) is 10.0 Å². The maximum atomic E-state index is 11.5. The number of halogens is 3. The zero-order valence-corrected chi connectivity index (χ0v) is 16.5. The molecule has 1 aromatic rings. The molecule has 10 heteroatoms. The van der Waals surface area contributed by atoms with Gasteiger partial charge in [-0.25, -0.2) is 17.9 Å². The molecule has 1 N–H and O–H groups in total. The molecule has 0 aliphatic heterocycles. The number of esters is 1. The summed E-state index contributed by atoms with van der Waals surface area (Å²) in [5.74, 6) is -2.37. The summed E-state index contributed by atoms with van der Waals surface area (Å²) in [6.45, 7) is 0. The highest BCUT2D eigenvalue weighted by molar-refractivity contribution is 14.1. The molecule has 0 atom stereocenters. The average molecular weight is 621 g/mol. The number of carbonyl (C=O) groups excluding carboxylic acids is 2. The Balaban J connectivity index is 2.92. The highest BCUT2D eigenvalue weighted by atomic mass is 127. The summed E-state index contributed by atoms with van der Waals surface area (Å²) < 4.78 is 30.4. The van der Waals surface area contributed by atoms with Crippen LogP contribution in [0.15, 0.2) is 12.1 Å². The van der Waals surface area contributed by atoms with Gasteiger partial charge in [0.1, 0.15) is 0 Å². The highest BCUT2D eigenvalue weighted by Crippen LogP contribution is 2.29. The molecule has 1 amide bonds. The van der Waals surface area contributed by atoms with E-state index in [1.807, 2.05) is 45.2 Å². The number of ether oxygens (including phenoxy) is 1. The third-order valence-electron chi connectivity index (χ3n) is 1.62. The largest absolute Gasteiger partial charge is 0.417 e. The summed E-state index contributed by atoms with van der Waals surface area (Å²) in [6.07, 6.45) is 0.774. The van der Waals surface area contributed by atoms with Gasteiger partial charge in [0.05, 0.1) is 13.4 Å². The Morgan fingerprint density at radius 1 is 1.16 bits per heavy atom. The predicted octanol–water partition coefficient (Wildman–Crippen LogP) is 1.48. The summed E-state index contributed by atoms with van der Waals surface area (Å²) in [4.78, 5) is 22.8. The van der Waals surface area contributed by atoms with Crippen LogP contribution >= 0.6 is 67.8 Å². The Bertz CT molecular complexity index is 620. The van der Waals surface area contributed by atoms with E-state index in [0.29, 0.717) is 7.14 Å². The summed E-state index contributed by atoms with van der Waals surface area (Å²) in [7, 11) is -3.79. The minimum absolute atomic E-state index is 0.232. The molecule has 0 fully saturated rings. The van der Waals surface area contributed by atoms with Gasteiger partial charge in [-0.15, -0.1) is 0 Å². The Labute approximate surface area is 150 Å². The van der Waals surface area contributed by atoms with Crippen molar-refractivity contribution in [3.8, 4) is 5.75 Å². The second-order valence-electron chi connectivity index (χ2n) is 3.29. The fourth-order valence-corrected chi connectivity index (χ4v) is 5.20. The predicted molar refractivity (Wildman–Crippen MR) is 93.2 cm³/mol. The van der Waals surface area contributed by atoms with Gasteiger partial charge in [-0.1, -0.05) is 0 Å². The molecule has 0 aromatic heterocycles. The fourth-order valence-electron chi connectivity index (χ4n) is 0.976. The summed E-state index contributed by atoms with van der Waals surface area (Å²) in [6, 6.07) is 3.53. The first-order chi connectivity index (χ1) is 8.60. The number of benzene rings is 1. The lowest BCUT2D eigenvalue weighted by Gasteiger charge is -2.08. The third-order valence-corrected chi connectivity index (χ3v) is 4.40. The van der Waals surface area contributed by atoms with Crippen molar-refractivity contribution >= 4 is 89.7 Å². The van der Waals surface area contributed by atoms with Gasteiger partial charge in [0.25, 0.3) is 0 Å². The van der Waals surface area contributed by atoms with Gasteiger partial charge in [0, 0.05) is 3.57 Å². The molecule has 0 unspecified atom stereocenters. The van der Waals surface area contributed by atoms with Crippen molar-refractivity contribution in [2.24, 2.45) is 0 Å². The van der Waals surface area contributed by atoms with Crippen LogP contribution < -0.4 is 9.46 Å². The Kier molecular flexibility index (Phi) is 6.25. The first-order valence-electron chi connectivity index (χ1n) is 4.48. The van der Waals surface area contributed by atoms with Crippen molar-refractivity contribution in [3.63, 3.8) is 0 Å². The Morgan fingerprint density at radius 2 is 1.63 bits per heavy atom. The third kappa shape index (κ3) is 5.66. The van der Waals surface area contributed by atoms with Crippen molar-refractivity contribution in [1.29, 1.82) is 0 Å². The van der Waals surface area contributed by atoms with Gasteiger partial charge in [-0.2, -0.15) is 0 Å². The van der Waals surface area contributed by atoms with Crippen LogP contribution in [0.4, 0.5) is 0 Å². The van der Waals surface area contributed by atoms with Gasteiger partial charge < -0.3 is 4.74 Å². The standard InChI is InChI=1S/C9H6I3NO5S/c1-19(16,17)13-8(14)9(15)18-7-5(11)2-4(10)3-6(7)12/h2-3H,1H3,(H,13,14). The molecule has 0 bridgehead atoms. The number of rotatable bonds is 2. The molecule has 0 radical (unpaired) electrons. The van der Waals surface area contributed by atoms with Crippen molar-refractivity contribution in [3.05, 3.63) is 22.8 Å². The van der Waals surface area contributed by atoms with Gasteiger partial charge >= 0.3 is 11.9 Å². The summed E-state index contributed by atoms with van der Waals surface area (Å²) in [5.41, 5.74) is 0. The first kappa shape index (κ1) is 17.4. The summed E-state index contributed by atoms with van der Waals surface area (Å²) in [5, 5.41) is 0. The maximum Gasteiger partial charge on any atom is 0.403 e. The van der Waals surface area contributed by atoms with Crippen molar-refractivity contribution in [2.45, 2.75) is 0 Å². The van der Waals surface area contributed by atoms with Crippen LogP contribution in [0.3, 0.4) is 0 Å². The number of amides is 1. The molecule has 0 spiro atoms. The average Bonchev–Trinajstić information content (AvgIpc) is 2.20. The normalized spacial score (nSPS) is 10.9. The summed E-state index contributed by atoms with van der Waals surface area (Å²) >= 11 is 6.02. The van der Waals surface area contributed by atoms with E-state index in [9.17, 15) is 18.0 Å². The fraction of sp³-hybridized carbons (Fsp3) is 0.111. The van der Waals surface area contributed by atoms with Crippen LogP contribution in [0.2, 0.25) is 0 Å². The van der Waals surface area contributed by atoms with Crippen molar-refractivity contribution in [2.75, 3.05) is 6.26 Å². The topological polar surface area (TPSA) is 89.5 Å². The Morgan fingerprint density at radius 3 is 2.05 bits per heavy atom. The van der Waals surface area contributed by atoms with E-state index in [1.54, 1.807) is 16.9 Å². The molecule has 0 saturated carbocycles. The molecule has 0 heterocycles. The monoisotopic (exact) mass is 621 g/mol. The maximum absolute atomic E-state index is 11.5. The molecule has 0 saturated heterocycles. The lowest BCUT2D eigenvalue weighted by atomic mass is 10.3. The van der Waals surface area contributed by atoms with E-state index in [0.717, 1.165) is 9.83 Å². The van der Waals surface area contributed by atoms with E-state index in [2.05, 4.69) is 22.6 Å². The number of nitrogens with one attached hydrogen (secondary N) is 1. The molecule has 1 rings (SSSR count). The van der Waals surface area contributed by atoms with Crippen LogP contribution in [0.5, 0.6) is 5.75 Å². The van der Waals surface area contributed by atoms with E-state index >= 15 is 0 Å². The van der Waals surface area contributed by atoms with Gasteiger partial charge in [-0.3, -0.25) is 4.79 Å². The van der Waals surface area contributed by atoms with Crippen LogP contribution in [0.1, 0.15) is 0 Å². The molecule has 19 heavy (non-hydrogen) atoms. The van der Waals surface area contributed by atoms with E-state index in [-0.39, 0.29) is 5.75 Å². The molecule has 104 valence electrons. The molecule has 0 aliphatic carbocycles.